The number of hydrogen-bond donors (Lipinski definition) is 1. The first-order valence-electron chi connectivity index (χ1n) is 5.16. The lowest BCUT2D eigenvalue weighted by atomic mass is 9.97. The van der Waals surface area contributed by atoms with Crippen molar-refractivity contribution in [2.24, 2.45) is 5.41 Å². The lowest BCUT2D eigenvalue weighted by molar-refractivity contribution is -0.148. The third kappa shape index (κ3) is 2.48. The van der Waals surface area contributed by atoms with Crippen molar-refractivity contribution >= 4 is 5.97 Å². The summed E-state index contributed by atoms with van der Waals surface area (Å²) in [5, 5.41) is 17.7. The molecule has 0 atom stereocenters. The van der Waals surface area contributed by atoms with Crippen molar-refractivity contribution < 1.29 is 9.90 Å². The van der Waals surface area contributed by atoms with E-state index in [0.29, 0.717) is 13.0 Å². The molecule has 0 saturated heterocycles. The molecule has 4 heteroatoms. The molecule has 15 heavy (non-hydrogen) atoms. The Morgan fingerprint density at radius 2 is 2.13 bits per heavy atom. The molecule has 1 fully saturated rings. The average molecular weight is 210 g/mol. The van der Waals surface area contributed by atoms with Gasteiger partial charge in [-0.2, -0.15) is 5.26 Å². The minimum atomic E-state index is -0.856. The fraction of sp³-hybridized carbons (Fsp3) is 0.818. The molecule has 0 spiro atoms. The van der Waals surface area contributed by atoms with E-state index in [-0.39, 0.29) is 5.41 Å². The molecule has 1 saturated carbocycles. The fourth-order valence-electron chi connectivity index (χ4n) is 1.60. The summed E-state index contributed by atoms with van der Waals surface area (Å²) in [6.07, 6.45) is 2.62. The maximum Gasteiger partial charge on any atom is 0.323 e. The largest absolute Gasteiger partial charge is 0.480 e. The van der Waals surface area contributed by atoms with Crippen LogP contribution in [0.1, 0.15) is 33.1 Å². The summed E-state index contributed by atoms with van der Waals surface area (Å²) in [5.74, 6) is -0.822. The van der Waals surface area contributed by atoms with E-state index in [1.807, 2.05) is 11.9 Å². The van der Waals surface area contributed by atoms with Gasteiger partial charge >= 0.3 is 5.97 Å². The molecule has 0 amide bonds. The van der Waals surface area contributed by atoms with E-state index in [0.717, 1.165) is 12.8 Å². The maximum absolute atomic E-state index is 11.0. The lowest BCUT2D eigenvalue weighted by Crippen LogP contribution is -2.49. The van der Waals surface area contributed by atoms with Crippen LogP contribution in [0.15, 0.2) is 0 Å². The van der Waals surface area contributed by atoms with E-state index in [1.165, 1.54) is 0 Å². The number of nitriles is 1. The predicted octanol–water partition coefficient (Wildman–Crippen LogP) is 1.48. The highest BCUT2D eigenvalue weighted by atomic mass is 16.4. The first kappa shape index (κ1) is 12.0. The highest BCUT2D eigenvalue weighted by Crippen LogP contribution is 2.49. The normalized spacial score (nSPS) is 18.6. The van der Waals surface area contributed by atoms with Crippen molar-refractivity contribution in [1.29, 1.82) is 5.26 Å². The summed E-state index contributed by atoms with van der Waals surface area (Å²) in [5.41, 5.74) is -0.790. The van der Waals surface area contributed by atoms with E-state index >= 15 is 0 Å². The lowest BCUT2D eigenvalue weighted by Gasteiger charge is -2.33. The molecule has 0 aromatic heterocycles. The molecule has 84 valence electrons. The van der Waals surface area contributed by atoms with Crippen molar-refractivity contribution in [3.05, 3.63) is 0 Å². The Hall–Kier alpha value is -1.08. The monoisotopic (exact) mass is 210 g/mol. The summed E-state index contributed by atoms with van der Waals surface area (Å²) in [6, 6.07) is 2.18. The number of carbonyl (C=O) groups is 1. The zero-order chi connectivity index (χ0) is 11.7. The van der Waals surface area contributed by atoms with Crippen molar-refractivity contribution in [2.75, 3.05) is 13.6 Å². The Morgan fingerprint density at radius 1 is 1.60 bits per heavy atom. The summed E-state index contributed by atoms with van der Waals surface area (Å²) in [7, 11) is 1.81. The van der Waals surface area contributed by atoms with Crippen LogP contribution in [0.4, 0.5) is 0 Å². The number of hydrogen-bond acceptors (Lipinski definition) is 3. The number of likely N-dealkylation sites (N-methyl/N-ethyl adjacent to an activating group) is 1. The van der Waals surface area contributed by atoms with Crippen molar-refractivity contribution in [3.63, 3.8) is 0 Å². The molecule has 0 heterocycles. The van der Waals surface area contributed by atoms with Gasteiger partial charge in [-0.15, -0.1) is 0 Å². The van der Waals surface area contributed by atoms with Crippen molar-refractivity contribution in [2.45, 2.75) is 38.6 Å². The van der Waals surface area contributed by atoms with Gasteiger partial charge in [0, 0.05) is 13.0 Å². The molecule has 1 rings (SSSR count). The summed E-state index contributed by atoms with van der Waals surface area (Å²) >= 11 is 0. The topological polar surface area (TPSA) is 64.3 Å². The quantitative estimate of drug-likeness (QED) is 0.746. The second-order valence-corrected chi connectivity index (χ2v) is 5.06. The number of carboxylic acids is 1. The van der Waals surface area contributed by atoms with Gasteiger partial charge in [0.25, 0.3) is 0 Å². The molecule has 0 unspecified atom stereocenters. The third-order valence-electron chi connectivity index (χ3n) is 3.46. The van der Waals surface area contributed by atoms with Crippen LogP contribution in [-0.4, -0.2) is 35.1 Å². The molecule has 0 aliphatic heterocycles. The number of rotatable bonds is 5. The van der Waals surface area contributed by atoms with E-state index in [4.69, 9.17) is 10.4 Å². The first-order valence-corrected chi connectivity index (χ1v) is 5.16. The zero-order valence-corrected chi connectivity index (χ0v) is 9.58. The molecule has 0 bridgehead atoms. The molecular formula is C11H18N2O2. The van der Waals surface area contributed by atoms with Crippen molar-refractivity contribution in [1.82, 2.24) is 4.90 Å². The Balaban J connectivity index is 2.60. The second-order valence-electron chi connectivity index (χ2n) is 5.06. The molecule has 1 aliphatic carbocycles. The Bertz CT molecular complexity index is 300. The van der Waals surface area contributed by atoms with Crippen LogP contribution in [0.5, 0.6) is 0 Å². The third-order valence-corrected chi connectivity index (χ3v) is 3.46. The van der Waals surface area contributed by atoms with Crippen LogP contribution < -0.4 is 0 Å². The Morgan fingerprint density at radius 3 is 2.47 bits per heavy atom. The Labute approximate surface area is 90.5 Å². The second kappa shape index (κ2) is 3.82. The van der Waals surface area contributed by atoms with E-state index < -0.39 is 11.5 Å². The molecule has 0 radical (unpaired) electrons. The van der Waals surface area contributed by atoms with Gasteiger partial charge in [-0.1, -0.05) is 0 Å². The van der Waals surface area contributed by atoms with E-state index in [9.17, 15) is 4.79 Å². The summed E-state index contributed by atoms with van der Waals surface area (Å²) < 4.78 is 0. The standard InChI is InChI=1S/C11H18N2O2/c1-10(2,9(14)15)13(3)8-11(4-5-11)6-7-12/h4-6,8H2,1-3H3,(H,14,15). The van der Waals surface area contributed by atoms with Gasteiger partial charge in [-0.05, 0) is 39.2 Å². The minimum absolute atomic E-state index is 0.0657. The molecule has 1 aliphatic rings. The van der Waals surface area contributed by atoms with Gasteiger partial charge in [-0.3, -0.25) is 9.69 Å². The highest BCUT2D eigenvalue weighted by Gasteiger charge is 2.46. The van der Waals surface area contributed by atoms with Gasteiger partial charge in [0.1, 0.15) is 5.54 Å². The van der Waals surface area contributed by atoms with Gasteiger partial charge in [0.05, 0.1) is 6.07 Å². The fourth-order valence-corrected chi connectivity index (χ4v) is 1.60. The van der Waals surface area contributed by atoms with Gasteiger partial charge < -0.3 is 5.11 Å². The van der Waals surface area contributed by atoms with Crippen LogP contribution in [0.25, 0.3) is 0 Å². The van der Waals surface area contributed by atoms with Gasteiger partial charge in [0.15, 0.2) is 0 Å². The predicted molar refractivity (Wildman–Crippen MR) is 56.2 cm³/mol. The zero-order valence-electron chi connectivity index (χ0n) is 9.58. The molecule has 1 N–H and O–H groups in total. The molecule has 0 aromatic carbocycles. The van der Waals surface area contributed by atoms with E-state index in [1.54, 1.807) is 13.8 Å². The highest BCUT2D eigenvalue weighted by molar-refractivity contribution is 5.77. The number of aliphatic carboxylic acids is 1. The molecule has 0 aromatic rings. The summed E-state index contributed by atoms with van der Waals surface area (Å²) in [4.78, 5) is 12.9. The van der Waals surface area contributed by atoms with Crippen LogP contribution in [-0.2, 0) is 4.79 Å². The average Bonchev–Trinajstić information content (AvgIpc) is 2.85. The van der Waals surface area contributed by atoms with E-state index in [2.05, 4.69) is 6.07 Å². The number of nitrogens with zero attached hydrogens (tertiary/aromatic N) is 2. The van der Waals surface area contributed by atoms with Gasteiger partial charge in [0.2, 0.25) is 0 Å². The minimum Gasteiger partial charge on any atom is -0.480 e. The van der Waals surface area contributed by atoms with Crippen LogP contribution in [0.3, 0.4) is 0 Å². The van der Waals surface area contributed by atoms with Crippen LogP contribution >= 0.6 is 0 Å². The molecular weight excluding hydrogens is 192 g/mol. The van der Waals surface area contributed by atoms with Crippen LogP contribution in [0, 0.1) is 16.7 Å². The summed E-state index contributed by atoms with van der Waals surface area (Å²) in [6.45, 7) is 4.08. The SMILES string of the molecule is CN(CC1(CC#N)CC1)C(C)(C)C(=O)O. The maximum atomic E-state index is 11.0. The van der Waals surface area contributed by atoms with Gasteiger partial charge in [-0.25, -0.2) is 0 Å². The van der Waals surface area contributed by atoms with Crippen LogP contribution in [0.2, 0.25) is 0 Å². The Kier molecular flexibility index (Phi) is 3.05. The van der Waals surface area contributed by atoms with Crippen molar-refractivity contribution in [3.8, 4) is 6.07 Å². The first-order chi connectivity index (χ1) is 6.84. The number of carboxylic acid groups (broad SMARTS) is 1. The smallest absolute Gasteiger partial charge is 0.323 e. The molecule has 4 nitrogen and oxygen atoms in total.